The first-order chi connectivity index (χ1) is 18.9. The van der Waals surface area contributed by atoms with E-state index in [4.69, 9.17) is 13.4 Å². The molecule has 0 heterocycles. The molecule has 0 rings (SSSR count). The summed E-state index contributed by atoms with van der Waals surface area (Å²) >= 11 is 0. The summed E-state index contributed by atoms with van der Waals surface area (Å²) in [4.78, 5) is 0. The molecule has 0 spiro atoms. The fourth-order valence-electron chi connectivity index (χ4n) is 6.25. The molecule has 0 aromatic heterocycles. The van der Waals surface area contributed by atoms with Gasteiger partial charge in [-0.05, 0) is 0 Å². The molecule has 0 fully saturated rings. The fraction of sp³-hybridized carbons (Fsp3) is 1.00. The van der Waals surface area contributed by atoms with E-state index in [1.54, 1.807) is 0 Å². The van der Waals surface area contributed by atoms with Crippen molar-refractivity contribution < 1.29 is 17.9 Å². The van der Waals surface area contributed by atoms with Crippen LogP contribution in [0.25, 0.3) is 0 Å². The molecule has 0 aliphatic carbocycles. The Balaban J connectivity index is 4.99. The van der Waals surface area contributed by atoms with E-state index in [0.717, 1.165) is 69.6 Å². The summed E-state index contributed by atoms with van der Waals surface area (Å²) in [5.74, 6) is 0. The monoisotopic (exact) mass is 594 g/mol. The van der Waals surface area contributed by atoms with E-state index in [1.165, 1.54) is 89.9 Å². The summed E-state index contributed by atoms with van der Waals surface area (Å²) < 4.78 is 33.1. The van der Waals surface area contributed by atoms with E-state index in [1.807, 2.05) is 0 Å². The van der Waals surface area contributed by atoms with Crippen LogP contribution in [-0.4, -0.2) is 37.9 Å². The molecule has 0 radical (unpaired) electrons. The Kier molecular flexibility index (Phi) is 25.4. The number of unbranched alkanes of at least 4 members (excludes halogenated alkanes) is 15. The van der Waals surface area contributed by atoms with Gasteiger partial charge in [0.1, 0.15) is 0 Å². The zero-order valence-electron chi connectivity index (χ0n) is 27.6. The molecule has 0 aromatic carbocycles. The molecule has 0 bridgehead atoms. The van der Waals surface area contributed by atoms with Crippen LogP contribution in [0.15, 0.2) is 0 Å². The Labute approximate surface area is 246 Å². The molecule has 0 saturated carbocycles. The van der Waals surface area contributed by atoms with Crippen molar-refractivity contribution >= 4 is 14.7 Å². The Hall–Kier alpha value is 0.540. The van der Waals surface area contributed by atoms with Gasteiger partial charge in [0.25, 0.3) is 0 Å². The second-order valence-electron chi connectivity index (χ2n) is 12.3. The number of rotatable bonds is 31. The number of hydrogen-bond donors (Lipinski definition) is 0. The molecule has 0 aromatic rings. The van der Waals surface area contributed by atoms with Gasteiger partial charge in [0.2, 0.25) is 0 Å². The van der Waals surface area contributed by atoms with Gasteiger partial charge in [0, 0.05) is 0 Å². The van der Waals surface area contributed by atoms with Crippen LogP contribution >= 0.6 is 14.7 Å². The molecular weight excluding hydrogens is 522 g/mol. The van der Waals surface area contributed by atoms with E-state index in [9.17, 15) is 4.57 Å². The van der Waals surface area contributed by atoms with Crippen molar-refractivity contribution in [3.05, 3.63) is 0 Å². The summed E-state index contributed by atoms with van der Waals surface area (Å²) in [6.45, 7) is 11.5. The SMILES string of the molecule is CCCCCCCCCCCCCCCCP(CCC)(CCC)(CCC)OP(=O)(OCCCC)OCCCC. The van der Waals surface area contributed by atoms with Crippen molar-refractivity contribution in [2.75, 3.05) is 37.9 Å². The van der Waals surface area contributed by atoms with Crippen molar-refractivity contribution in [3.63, 3.8) is 0 Å². The molecule has 0 N–H and O–H groups in total. The van der Waals surface area contributed by atoms with Gasteiger partial charge in [-0.25, -0.2) is 0 Å². The van der Waals surface area contributed by atoms with Crippen LogP contribution in [0.5, 0.6) is 0 Å². The summed E-state index contributed by atoms with van der Waals surface area (Å²) in [6, 6.07) is 0. The van der Waals surface area contributed by atoms with Crippen molar-refractivity contribution in [2.24, 2.45) is 0 Å². The van der Waals surface area contributed by atoms with Gasteiger partial charge >= 0.3 is 221 Å². The first kappa shape index (κ1) is 39.5. The van der Waals surface area contributed by atoms with Crippen molar-refractivity contribution in [3.8, 4) is 0 Å². The predicted octanol–water partition coefficient (Wildman–Crippen LogP) is 12.9. The van der Waals surface area contributed by atoms with E-state index in [0.29, 0.717) is 13.2 Å². The van der Waals surface area contributed by atoms with Crippen LogP contribution in [-0.2, 0) is 17.9 Å². The molecular formula is C33H72O4P2. The molecule has 0 saturated heterocycles. The zero-order valence-corrected chi connectivity index (χ0v) is 29.4. The maximum atomic E-state index is 14.1. The molecule has 4 nitrogen and oxygen atoms in total. The minimum absolute atomic E-state index is 0.454. The molecule has 0 amide bonds. The van der Waals surface area contributed by atoms with Crippen LogP contribution in [0.4, 0.5) is 0 Å². The normalized spacial score (nSPS) is 13.5. The van der Waals surface area contributed by atoms with E-state index < -0.39 is 14.7 Å². The third-order valence-electron chi connectivity index (χ3n) is 8.27. The van der Waals surface area contributed by atoms with Crippen LogP contribution in [0.2, 0.25) is 0 Å². The second kappa shape index (κ2) is 25.1. The summed E-state index contributed by atoms with van der Waals surface area (Å²) in [6.07, 6.45) is 30.4. The first-order valence-electron chi connectivity index (χ1n) is 17.5. The molecule has 238 valence electrons. The van der Waals surface area contributed by atoms with Crippen molar-refractivity contribution in [1.29, 1.82) is 0 Å². The molecule has 0 atom stereocenters. The second-order valence-corrected chi connectivity index (χ2v) is 19.8. The van der Waals surface area contributed by atoms with Gasteiger partial charge < -0.3 is 0 Å². The summed E-state index contributed by atoms with van der Waals surface area (Å²) in [5.41, 5.74) is 0. The van der Waals surface area contributed by atoms with Crippen LogP contribution in [0.1, 0.15) is 176 Å². The van der Waals surface area contributed by atoms with Gasteiger partial charge in [-0.3, -0.25) is 0 Å². The quantitative estimate of drug-likeness (QED) is 0.0591. The third-order valence-corrected chi connectivity index (χ3v) is 18.1. The van der Waals surface area contributed by atoms with Crippen molar-refractivity contribution in [1.82, 2.24) is 0 Å². The van der Waals surface area contributed by atoms with Crippen LogP contribution < -0.4 is 0 Å². The average Bonchev–Trinajstić information content (AvgIpc) is 2.90. The van der Waals surface area contributed by atoms with Gasteiger partial charge in [-0.1, -0.05) is 26.2 Å². The van der Waals surface area contributed by atoms with E-state index >= 15 is 0 Å². The van der Waals surface area contributed by atoms with Crippen LogP contribution in [0.3, 0.4) is 0 Å². The molecule has 6 heteroatoms. The number of hydrogen-bond acceptors (Lipinski definition) is 4. The van der Waals surface area contributed by atoms with Gasteiger partial charge in [-0.2, -0.15) is 0 Å². The summed E-state index contributed by atoms with van der Waals surface area (Å²) in [7, 11) is -3.58. The first-order valence-corrected chi connectivity index (χ1v) is 21.9. The Morgan fingerprint density at radius 1 is 0.410 bits per heavy atom. The van der Waals surface area contributed by atoms with E-state index in [2.05, 4.69) is 41.5 Å². The van der Waals surface area contributed by atoms with Gasteiger partial charge in [0.15, 0.2) is 0 Å². The standard InChI is InChI=1S/C33H72O4P2/c1-7-13-16-17-18-19-20-21-22-23-24-25-26-27-33-39(30-10-4,31-11-5,32-12-6)37-38(34,35-28-14-8-2)36-29-15-9-3/h7-33H2,1-6H3. The fourth-order valence-corrected chi connectivity index (χ4v) is 16.7. The van der Waals surface area contributed by atoms with Gasteiger partial charge in [0.05, 0.1) is 0 Å². The molecule has 39 heavy (non-hydrogen) atoms. The predicted molar refractivity (Wildman–Crippen MR) is 178 cm³/mol. The number of phosphoric ester groups is 1. The van der Waals surface area contributed by atoms with Gasteiger partial charge in [-0.15, -0.1) is 0 Å². The molecule has 0 aliphatic heterocycles. The zero-order chi connectivity index (χ0) is 29.2. The van der Waals surface area contributed by atoms with E-state index in [-0.39, 0.29) is 0 Å². The van der Waals surface area contributed by atoms with Crippen LogP contribution in [0, 0.1) is 0 Å². The minimum atomic E-state index is -3.58. The summed E-state index contributed by atoms with van der Waals surface area (Å²) in [5, 5.41) is 0. The topological polar surface area (TPSA) is 44.8 Å². The average molecular weight is 595 g/mol. The Bertz CT molecular complexity index is 550. The maximum absolute atomic E-state index is 14.1. The molecule has 0 aliphatic rings. The molecule has 0 unspecified atom stereocenters. The van der Waals surface area contributed by atoms with Crippen molar-refractivity contribution in [2.45, 2.75) is 176 Å². The Morgan fingerprint density at radius 3 is 1.08 bits per heavy atom. The Morgan fingerprint density at radius 2 is 0.744 bits per heavy atom. The number of phosphoric acid groups is 1. The third kappa shape index (κ3) is 18.6.